The first-order valence-corrected chi connectivity index (χ1v) is 14.7. The summed E-state index contributed by atoms with van der Waals surface area (Å²) in [5, 5.41) is 14.5. The number of nitrogens with one attached hydrogen (secondary N) is 2. The predicted octanol–water partition coefficient (Wildman–Crippen LogP) is 6.25. The Morgan fingerprint density at radius 1 is 1.25 bits per heavy atom. The first-order valence-electron chi connectivity index (χ1n) is 14.7. The third-order valence-electron chi connectivity index (χ3n) is 8.04. The molecule has 0 radical (unpaired) electrons. The Hall–Kier alpha value is -3.94. The van der Waals surface area contributed by atoms with Crippen molar-refractivity contribution >= 4 is 22.5 Å². The maximum Gasteiger partial charge on any atom is 0.406 e. The standard InChI is InChI=1S/C30H38F4N8O2.2H2/c1-6-18(2)40-11-10-23(21(31)16-40)37-22-8-7-9-24-20(22)12-25(41(24)17-30(32,33)34)27-38-26(44-39-27)14-35-28(43)19-13-36-42(15-19)29(3,4)5;;/h7-9,12-13,15,18,21,23,37H,6,10-11,14,16-17H2,1-5H3,(H,35,43);2*1H/t18?,21-,23+;;/m0../s1. The second kappa shape index (κ2) is 12.2. The van der Waals surface area contributed by atoms with Crippen LogP contribution in [0.3, 0.4) is 0 Å². The van der Waals surface area contributed by atoms with Gasteiger partial charge in [-0.25, -0.2) is 4.39 Å². The summed E-state index contributed by atoms with van der Waals surface area (Å²) in [7, 11) is 0. The topological polar surface area (TPSA) is 106 Å². The molecule has 0 bridgehead atoms. The second-order valence-electron chi connectivity index (χ2n) is 12.3. The van der Waals surface area contributed by atoms with Crippen LogP contribution in [-0.4, -0.2) is 72.8 Å². The molecule has 3 aromatic heterocycles. The number of piperidine rings is 1. The molecule has 4 aromatic rings. The summed E-state index contributed by atoms with van der Waals surface area (Å²) in [4.78, 5) is 19.0. The minimum absolute atomic E-state index is 0. The minimum Gasteiger partial charge on any atom is -0.379 e. The molecule has 1 aliphatic rings. The van der Waals surface area contributed by atoms with E-state index in [0.29, 0.717) is 35.1 Å². The van der Waals surface area contributed by atoms with E-state index in [1.807, 2.05) is 20.8 Å². The highest BCUT2D eigenvalue weighted by Gasteiger charge is 2.33. The fourth-order valence-corrected chi connectivity index (χ4v) is 5.39. The van der Waals surface area contributed by atoms with E-state index in [1.54, 1.807) is 35.1 Å². The summed E-state index contributed by atoms with van der Waals surface area (Å²) in [6.45, 7) is 9.60. The van der Waals surface area contributed by atoms with Crippen LogP contribution in [0.2, 0.25) is 0 Å². The molecule has 242 valence electrons. The second-order valence-corrected chi connectivity index (χ2v) is 12.3. The van der Waals surface area contributed by atoms with Crippen LogP contribution < -0.4 is 10.6 Å². The first-order chi connectivity index (χ1) is 20.7. The smallest absolute Gasteiger partial charge is 0.379 e. The Kier molecular flexibility index (Phi) is 8.74. The number of hydrogen-bond acceptors (Lipinski definition) is 7. The SMILES string of the molecule is CCC(C)N1CC[C@@H](Nc2cccc3c2cc(-c2noc(CNC(=O)c4cnn(C(C)(C)C)c4)n2)n3CC(F)(F)F)[C@@H](F)C1.[HH].[HH]. The van der Waals surface area contributed by atoms with Crippen molar-refractivity contribution in [3.63, 3.8) is 0 Å². The summed E-state index contributed by atoms with van der Waals surface area (Å²) in [5.41, 5.74) is 0.947. The Morgan fingerprint density at radius 3 is 2.68 bits per heavy atom. The first kappa shape index (κ1) is 31.5. The lowest BCUT2D eigenvalue weighted by Gasteiger charge is -2.38. The van der Waals surface area contributed by atoms with Gasteiger partial charge in [0.1, 0.15) is 12.7 Å². The van der Waals surface area contributed by atoms with Gasteiger partial charge in [0.25, 0.3) is 5.91 Å². The molecule has 1 unspecified atom stereocenters. The Bertz CT molecular complexity index is 1610. The number of benzene rings is 1. The summed E-state index contributed by atoms with van der Waals surface area (Å²) in [6, 6.07) is 6.30. The fourth-order valence-electron chi connectivity index (χ4n) is 5.39. The number of aromatic nitrogens is 5. The molecule has 4 heterocycles. The van der Waals surface area contributed by atoms with Gasteiger partial charge in [-0.2, -0.15) is 23.3 Å². The maximum atomic E-state index is 15.2. The highest BCUT2D eigenvalue weighted by atomic mass is 19.4. The molecule has 0 spiro atoms. The van der Waals surface area contributed by atoms with Gasteiger partial charge in [-0.3, -0.25) is 14.4 Å². The van der Waals surface area contributed by atoms with Gasteiger partial charge >= 0.3 is 6.18 Å². The van der Waals surface area contributed by atoms with Gasteiger partial charge < -0.3 is 19.7 Å². The molecule has 0 saturated carbocycles. The van der Waals surface area contributed by atoms with Crippen LogP contribution in [0.5, 0.6) is 0 Å². The number of anilines is 1. The largest absolute Gasteiger partial charge is 0.406 e. The molecular formula is C30H42F4N8O2. The average molecular weight is 623 g/mol. The van der Waals surface area contributed by atoms with Crippen molar-refractivity contribution in [3.8, 4) is 11.5 Å². The Labute approximate surface area is 255 Å². The summed E-state index contributed by atoms with van der Waals surface area (Å²) >= 11 is 0. The van der Waals surface area contributed by atoms with E-state index >= 15 is 4.39 Å². The van der Waals surface area contributed by atoms with Gasteiger partial charge in [-0.15, -0.1) is 0 Å². The molecule has 1 aliphatic heterocycles. The van der Waals surface area contributed by atoms with Gasteiger partial charge in [0.2, 0.25) is 11.7 Å². The highest BCUT2D eigenvalue weighted by molar-refractivity contribution is 5.96. The lowest BCUT2D eigenvalue weighted by atomic mass is 10.00. The average Bonchev–Trinajstić information content (AvgIpc) is 3.71. The molecule has 1 aromatic carbocycles. The number of carbonyl (C=O) groups excluding carboxylic acids is 1. The molecule has 44 heavy (non-hydrogen) atoms. The number of rotatable bonds is 9. The number of hydrogen-bond donors (Lipinski definition) is 2. The number of halogens is 4. The molecule has 3 atom stereocenters. The quantitative estimate of drug-likeness (QED) is 0.213. The third-order valence-corrected chi connectivity index (χ3v) is 8.04. The van der Waals surface area contributed by atoms with Gasteiger partial charge in [0.15, 0.2) is 0 Å². The van der Waals surface area contributed by atoms with E-state index in [9.17, 15) is 18.0 Å². The zero-order valence-corrected chi connectivity index (χ0v) is 25.5. The van der Waals surface area contributed by atoms with E-state index in [0.717, 1.165) is 17.5 Å². The Morgan fingerprint density at radius 2 is 2.02 bits per heavy atom. The zero-order valence-electron chi connectivity index (χ0n) is 25.5. The van der Waals surface area contributed by atoms with E-state index in [-0.39, 0.29) is 38.4 Å². The Balaban J connectivity index is 0.00000288. The van der Waals surface area contributed by atoms with Crippen molar-refractivity contribution in [2.24, 2.45) is 0 Å². The minimum atomic E-state index is -4.53. The van der Waals surface area contributed by atoms with Gasteiger partial charge in [0, 0.05) is 39.3 Å². The van der Waals surface area contributed by atoms with Gasteiger partial charge in [-0.1, -0.05) is 18.1 Å². The number of alkyl halides is 4. The van der Waals surface area contributed by atoms with Gasteiger partial charge in [-0.05, 0) is 58.7 Å². The van der Waals surface area contributed by atoms with Gasteiger partial charge in [0.05, 0.1) is 41.1 Å². The van der Waals surface area contributed by atoms with Crippen LogP contribution >= 0.6 is 0 Å². The normalized spacial score (nSPS) is 18.9. The summed E-state index contributed by atoms with van der Waals surface area (Å²) < 4.78 is 64.5. The highest BCUT2D eigenvalue weighted by Crippen LogP contribution is 2.35. The molecule has 2 N–H and O–H groups in total. The van der Waals surface area contributed by atoms with Crippen LogP contribution in [0.4, 0.5) is 23.2 Å². The van der Waals surface area contributed by atoms with Crippen LogP contribution in [0.15, 0.2) is 41.2 Å². The molecule has 5 rings (SSSR count). The number of nitrogens with zero attached hydrogens (tertiary/aromatic N) is 6. The number of fused-ring (bicyclic) bond motifs is 1. The van der Waals surface area contributed by atoms with Crippen LogP contribution in [-0.2, 0) is 18.6 Å². The monoisotopic (exact) mass is 622 g/mol. The molecule has 1 fully saturated rings. The van der Waals surface area contributed by atoms with E-state index in [4.69, 9.17) is 4.52 Å². The van der Waals surface area contributed by atoms with Crippen molar-refractivity contribution in [3.05, 3.63) is 48.1 Å². The van der Waals surface area contributed by atoms with Crippen LogP contribution in [0.25, 0.3) is 22.4 Å². The molecule has 14 heteroatoms. The molecule has 0 aliphatic carbocycles. The van der Waals surface area contributed by atoms with E-state index < -0.39 is 30.8 Å². The lowest BCUT2D eigenvalue weighted by Crippen LogP contribution is -2.50. The zero-order chi connectivity index (χ0) is 31.8. The van der Waals surface area contributed by atoms with Crippen LogP contribution in [0, 0.1) is 0 Å². The number of likely N-dealkylation sites (tertiary alicyclic amines) is 1. The summed E-state index contributed by atoms with van der Waals surface area (Å²) in [6.07, 6.45) is -1.11. The van der Waals surface area contributed by atoms with Crippen molar-refractivity contribution in [2.45, 2.75) is 90.5 Å². The molecule has 1 amide bonds. The molecule has 10 nitrogen and oxygen atoms in total. The van der Waals surface area contributed by atoms with Crippen molar-refractivity contribution in [2.75, 3.05) is 18.4 Å². The van der Waals surface area contributed by atoms with Crippen molar-refractivity contribution in [1.82, 2.24) is 34.7 Å². The fraction of sp³-hybridized carbons (Fsp3) is 0.533. The van der Waals surface area contributed by atoms with Crippen molar-refractivity contribution < 1.29 is 29.7 Å². The summed E-state index contributed by atoms with van der Waals surface area (Å²) in [5.74, 6) is -0.457. The third kappa shape index (κ3) is 6.90. The maximum absolute atomic E-state index is 15.2. The number of amides is 1. The van der Waals surface area contributed by atoms with E-state index in [2.05, 4.69) is 44.6 Å². The predicted molar refractivity (Wildman–Crippen MR) is 162 cm³/mol. The number of carbonyl (C=O) groups is 1. The van der Waals surface area contributed by atoms with Crippen LogP contribution in [0.1, 0.15) is 66.6 Å². The van der Waals surface area contributed by atoms with E-state index in [1.165, 1.54) is 6.20 Å². The molecule has 1 saturated heterocycles. The van der Waals surface area contributed by atoms with Crippen molar-refractivity contribution in [1.29, 1.82) is 0 Å². The lowest BCUT2D eigenvalue weighted by molar-refractivity contribution is -0.139. The molecular weight excluding hydrogens is 580 g/mol.